The van der Waals surface area contributed by atoms with E-state index in [4.69, 9.17) is 4.74 Å². The highest BCUT2D eigenvalue weighted by atomic mass is 32.2. The van der Waals surface area contributed by atoms with E-state index in [0.29, 0.717) is 19.4 Å². The van der Waals surface area contributed by atoms with E-state index >= 15 is 0 Å². The molecule has 0 aromatic heterocycles. The minimum absolute atomic E-state index is 0.269. The van der Waals surface area contributed by atoms with Gasteiger partial charge in [-0.25, -0.2) is 17.9 Å². The third-order valence-corrected chi connectivity index (χ3v) is 6.11. The number of likely N-dealkylation sites (tertiary alicyclic amines) is 1. The maximum Gasteiger partial charge on any atom is 0.409 e. The van der Waals surface area contributed by atoms with Crippen LogP contribution in [0.2, 0.25) is 0 Å². The number of hydrogen-bond acceptors (Lipinski definition) is 5. The molecule has 1 aromatic rings. The van der Waals surface area contributed by atoms with Gasteiger partial charge in [-0.1, -0.05) is 12.1 Å². The summed E-state index contributed by atoms with van der Waals surface area (Å²) in [6, 6.07) is 7.76. The minimum Gasteiger partial charge on any atom is -0.453 e. The van der Waals surface area contributed by atoms with Crippen LogP contribution in [0.15, 0.2) is 24.3 Å². The Bertz CT molecular complexity index is 762. The molecule has 0 unspecified atom stereocenters. The second-order valence-electron chi connectivity index (χ2n) is 7.44. The van der Waals surface area contributed by atoms with Crippen molar-refractivity contribution in [3.63, 3.8) is 0 Å². The lowest BCUT2D eigenvalue weighted by Gasteiger charge is -2.40. The summed E-state index contributed by atoms with van der Waals surface area (Å²) in [5, 5.41) is 0. The molecule has 2 atom stereocenters. The first kappa shape index (κ1) is 19.9. The van der Waals surface area contributed by atoms with Crippen LogP contribution in [0.5, 0.6) is 0 Å². The van der Waals surface area contributed by atoms with E-state index in [9.17, 15) is 13.2 Å². The highest BCUT2D eigenvalue weighted by Crippen LogP contribution is 2.26. The number of hydrogen-bond donors (Lipinski definition) is 1. The van der Waals surface area contributed by atoms with E-state index < -0.39 is 16.1 Å². The van der Waals surface area contributed by atoms with Crippen molar-refractivity contribution in [2.24, 2.45) is 0 Å². The van der Waals surface area contributed by atoms with E-state index in [1.807, 2.05) is 12.1 Å². The van der Waals surface area contributed by atoms with Crippen LogP contribution in [0.3, 0.4) is 0 Å². The van der Waals surface area contributed by atoms with Crippen LogP contribution < -0.4 is 9.62 Å². The van der Waals surface area contributed by atoms with Gasteiger partial charge in [-0.05, 0) is 49.8 Å². The molecule has 27 heavy (non-hydrogen) atoms. The Balaban J connectivity index is 1.83. The van der Waals surface area contributed by atoms with Crippen molar-refractivity contribution in [2.45, 2.75) is 44.2 Å². The molecule has 1 amide bonds. The van der Waals surface area contributed by atoms with Crippen LogP contribution in [0.25, 0.3) is 0 Å². The molecule has 7 nitrogen and oxygen atoms in total. The minimum atomic E-state index is -3.36. The van der Waals surface area contributed by atoms with E-state index in [0.717, 1.165) is 31.3 Å². The summed E-state index contributed by atoms with van der Waals surface area (Å²) in [5.74, 6) is 0. The second kappa shape index (κ2) is 8.48. The first-order chi connectivity index (χ1) is 12.9. The van der Waals surface area contributed by atoms with Gasteiger partial charge >= 0.3 is 6.09 Å². The first-order valence-electron chi connectivity index (χ1n) is 9.53. The van der Waals surface area contributed by atoms with Crippen LogP contribution in [-0.4, -0.2) is 64.5 Å². The molecule has 8 heteroatoms. The summed E-state index contributed by atoms with van der Waals surface area (Å²) < 4.78 is 31.3. The maximum absolute atomic E-state index is 12.3. The van der Waals surface area contributed by atoms with Gasteiger partial charge in [0.2, 0.25) is 10.0 Å². The molecule has 0 spiro atoms. The van der Waals surface area contributed by atoms with Crippen molar-refractivity contribution >= 4 is 21.8 Å². The first-order valence-corrected chi connectivity index (χ1v) is 11.4. The number of ether oxygens (including phenoxy) is 1. The van der Waals surface area contributed by atoms with Crippen molar-refractivity contribution in [1.82, 2.24) is 9.62 Å². The highest BCUT2D eigenvalue weighted by Gasteiger charge is 2.36. The van der Waals surface area contributed by atoms with Gasteiger partial charge in [0.15, 0.2) is 0 Å². The molecule has 2 aliphatic heterocycles. The van der Waals surface area contributed by atoms with Crippen LogP contribution in [-0.2, 0) is 21.2 Å². The topological polar surface area (TPSA) is 79.0 Å². The SMILES string of the molecule is COC(=O)N1CCC[C@@H](NS(C)(=O)=O)[C@H]1Cc1cccc(N2CCCC2)c1. The number of amides is 1. The Morgan fingerprint density at radius 1 is 1.22 bits per heavy atom. The van der Waals surface area contributed by atoms with Gasteiger partial charge in [0.05, 0.1) is 19.4 Å². The summed E-state index contributed by atoms with van der Waals surface area (Å²) in [6.07, 6.45) is 5.21. The third-order valence-electron chi connectivity index (χ3n) is 5.38. The van der Waals surface area contributed by atoms with Crippen molar-refractivity contribution in [3.8, 4) is 0 Å². The molecule has 150 valence electrons. The largest absolute Gasteiger partial charge is 0.453 e. The number of carbonyl (C=O) groups excluding carboxylic acids is 1. The predicted molar refractivity (Wildman–Crippen MR) is 105 cm³/mol. The average molecular weight is 396 g/mol. The van der Waals surface area contributed by atoms with E-state index in [1.54, 1.807) is 4.90 Å². The molecule has 2 fully saturated rings. The fourth-order valence-electron chi connectivity index (χ4n) is 4.16. The maximum atomic E-state index is 12.3. The van der Waals surface area contributed by atoms with E-state index in [1.165, 1.54) is 25.6 Å². The van der Waals surface area contributed by atoms with Gasteiger partial charge in [0.25, 0.3) is 0 Å². The lowest BCUT2D eigenvalue weighted by molar-refractivity contribution is 0.0792. The molecule has 0 saturated carbocycles. The number of sulfonamides is 1. The molecular weight excluding hydrogens is 366 g/mol. The standard InChI is InChI=1S/C19H29N3O4S/c1-26-19(23)22-12-6-9-17(20-27(2,24)25)18(22)14-15-7-5-8-16(13-15)21-10-3-4-11-21/h5,7-8,13,17-18,20H,3-4,6,9-12,14H2,1-2H3/t17-,18-/m1/s1. The van der Waals surface area contributed by atoms with Gasteiger partial charge in [0, 0.05) is 31.4 Å². The zero-order valence-corrected chi connectivity index (χ0v) is 16.9. The molecule has 1 N–H and O–H groups in total. The Labute approximate surface area is 161 Å². The summed E-state index contributed by atoms with van der Waals surface area (Å²) >= 11 is 0. The number of benzene rings is 1. The van der Waals surface area contributed by atoms with Gasteiger partial charge in [-0.3, -0.25) is 0 Å². The Morgan fingerprint density at radius 3 is 2.63 bits per heavy atom. The zero-order chi connectivity index (χ0) is 19.4. The van der Waals surface area contributed by atoms with Crippen molar-refractivity contribution in [3.05, 3.63) is 29.8 Å². The number of methoxy groups -OCH3 is 1. The molecule has 0 aliphatic carbocycles. The third kappa shape index (κ3) is 5.13. The number of nitrogens with one attached hydrogen (secondary N) is 1. The Morgan fingerprint density at radius 2 is 1.96 bits per heavy atom. The quantitative estimate of drug-likeness (QED) is 0.825. The summed E-state index contributed by atoms with van der Waals surface area (Å²) in [4.78, 5) is 16.3. The number of piperidine rings is 1. The zero-order valence-electron chi connectivity index (χ0n) is 16.1. The van der Waals surface area contributed by atoms with E-state index in [-0.39, 0.29) is 12.1 Å². The van der Waals surface area contributed by atoms with Crippen LogP contribution in [0.4, 0.5) is 10.5 Å². The highest BCUT2D eigenvalue weighted by molar-refractivity contribution is 7.88. The number of nitrogens with zero attached hydrogens (tertiary/aromatic N) is 2. The Hall–Kier alpha value is -1.80. The number of carbonyl (C=O) groups is 1. The normalized spacial score (nSPS) is 23.5. The van der Waals surface area contributed by atoms with Gasteiger partial charge in [0.1, 0.15) is 0 Å². The summed E-state index contributed by atoms with van der Waals surface area (Å²) in [6.45, 7) is 2.71. The van der Waals surface area contributed by atoms with Crippen molar-refractivity contribution < 1.29 is 17.9 Å². The molecule has 2 saturated heterocycles. The molecule has 2 heterocycles. The monoisotopic (exact) mass is 395 g/mol. The Kier molecular flexibility index (Phi) is 6.26. The molecule has 0 radical (unpaired) electrons. The van der Waals surface area contributed by atoms with Gasteiger partial charge < -0.3 is 14.5 Å². The van der Waals surface area contributed by atoms with Gasteiger partial charge in [-0.15, -0.1) is 0 Å². The summed E-state index contributed by atoms with van der Waals surface area (Å²) in [5.41, 5.74) is 2.29. The number of rotatable bonds is 5. The van der Waals surface area contributed by atoms with Crippen LogP contribution >= 0.6 is 0 Å². The molecule has 0 bridgehead atoms. The van der Waals surface area contributed by atoms with Crippen LogP contribution in [0.1, 0.15) is 31.2 Å². The molecule has 2 aliphatic rings. The predicted octanol–water partition coefficient (Wildman–Crippen LogP) is 1.98. The van der Waals surface area contributed by atoms with Crippen molar-refractivity contribution in [1.29, 1.82) is 0 Å². The lowest BCUT2D eigenvalue weighted by Crippen LogP contribution is -2.57. The fourth-order valence-corrected chi connectivity index (χ4v) is 4.99. The fraction of sp³-hybridized carbons (Fsp3) is 0.632. The average Bonchev–Trinajstić information content (AvgIpc) is 3.16. The summed E-state index contributed by atoms with van der Waals surface area (Å²) in [7, 11) is -2.00. The smallest absolute Gasteiger partial charge is 0.409 e. The lowest BCUT2D eigenvalue weighted by atomic mass is 9.91. The van der Waals surface area contributed by atoms with Crippen LogP contribution in [0, 0.1) is 0 Å². The molecule has 3 rings (SSSR count). The van der Waals surface area contributed by atoms with Crippen molar-refractivity contribution in [2.75, 3.05) is 37.9 Å². The molecule has 1 aromatic carbocycles. The van der Waals surface area contributed by atoms with Gasteiger partial charge in [-0.2, -0.15) is 0 Å². The van der Waals surface area contributed by atoms with E-state index in [2.05, 4.69) is 21.8 Å². The second-order valence-corrected chi connectivity index (χ2v) is 9.22. The molecular formula is C19H29N3O4S. The number of anilines is 1.